The van der Waals surface area contributed by atoms with Crippen molar-refractivity contribution in [3.8, 4) is 11.3 Å². The molecule has 2 rings (SSSR count). The van der Waals surface area contributed by atoms with E-state index in [0.717, 1.165) is 11.3 Å². The Morgan fingerprint density at radius 1 is 1.31 bits per heavy atom. The van der Waals surface area contributed by atoms with Crippen molar-refractivity contribution in [1.29, 1.82) is 0 Å². The molecule has 0 saturated heterocycles. The molecule has 4 heteroatoms. The van der Waals surface area contributed by atoms with Gasteiger partial charge >= 0.3 is 0 Å². The molecule has 0 saturated carbocycles. The second kappa shape index (κ2) is 4.14. The monoisotopic (exact) mass is 214 g/mol. The van der Waals surface area contributed by atoms with Crippen molar-refractivity contribution < 1.29 is 5.11 Å². The highest BCUT2D eigenvalue weighted by Crippen LogP contribution is 2.19. The molecule has 2 aromatic rings. The molecule has 0 radical (unpaired) electrons. The largest absolute Gasteiger partial charge is 0.385 e. The normalized spacial score (nSPS) is 12.7. The van der Waals surface area contributed by atoms with Crippen LogP contribution < -0.4 is 5.46 Å². The Morgan fingerprint density at radius 3 is 2.44 bits per heavy atom. The van der Waals surface area contributed by atoms with E-state index >= 15 is 0 Å². The highest BCUT2D eigenvalue weighted by Gasteiger charge is 2.10. The maximum absolute atomic E-state index is 9.53. The summed E-state index contributed by atoms with van der Waals surface area (Å²) in [7, 11) is 3.95. The second-order valence-corrected chi connectivity index (χ2v) is 4.14. The maximum Gasteiger partial charge on any atom is 0.139 e. The molecule has 0 fully saturated rings. The number of aliphatic hydroxyl groups is 1. The quantitative estimate of drug-likeness (QED) is 0.734. The molecule has 1 aromatic heterocycles. The van der Waals surface area contributed by atoms with Crippen LogP contribution in [0.15, 0.2) is 30.5 Å². The van der Waals surface area contributed by atoms with E-state index in [4.69, 9.17) is 0 Å². The first kappa shape index (κ1) is 11.0. The van der Waals surface area contributed by atoms with Gasteiger partial charge in [-0.15, -0.1) is 0 Å². The zero-order valence-electron chi connectivity index (χ0n) is 9.81. The van der Waals surface area contributed by atoms with Crippen LogP contribution in [0, 0.1) is 0 Å². The van der Waals surface area contributed by atoms with Gasteiger partial charge in [-0.3, -0.25) is 0 Å². The molecule has 0 aliphatic carbocycles. The van der Waals surface area contributed by atoms with E-state index in [0.29, 0.717) is 5.82 Å². The number of benzene rings is 1. The summed E-state index contributed by atoms with van der Waals surface area (Å²) in [4.78, 5) is 4.42. The first-order valence-electron chi connectivity index (χ1n) is 5.36. The molecule has 1 N–H and O–H groups in total. The van der Waals surface area contributed by atoms with Gasteiger partial charge in [0.1, 0.15) is 19.8 Å². The first-order valence-corrected chi connectivity index (χ1v) is 5.36. The first-order chi connectivity index (χ1) is 7.58. The predicted molar refractivity (Wildman–Crippen MR) is 67.5 cm³/mol. The van der Waals surface area contributed by atoms with Crippen LogP contribution in [0.25, 0.3) is 11.3 Å². The number of aryl methyl sites for hydroxylation is 1. The van der Waals surface area contributed by atoms with Gasteiger partial charge in [0.15, 0.2) is 0 Å². The second-order valence-electron chi connectivity index (χ2n) is 4.14. The molecule has 1 aromatic carbocycles. The van der Waals surface area contributed by atoms with E-state index in [1.54, 1.807) is 6.92 Å². The molecule has 82 valence electrons. The van der Waals surface area contributed by atoms with Gasteiger partial charge in [-0.2, -0.15) is 0 Å². The fourth-order valence-electron chi connectivity index (χ4n) is 1.73. The number of aromatic nitrogens is 2. The third-order valence-corrected chi connectivity index (χ3v) is 2.63. The Kier molecular flexibility index (Phi) is 2.83. The smallest absolute Gasteiger partial charge is 0.139 e. The van der Waals surface area contributed by atoms with Gasteiger partial charge in [0, 0.05) is 18.8 Å². The Bertz CT molecular complexity index is 488. The average molecular weight is 214 g/mol. The van der Waals surface area contributed by atoms with Crippen LogP contribution >= 0.6 is 0 Å². The molecule has 3 nitrogen and oxygen atoms in total. The van der Waals surface area contributed by atoms with Crippen molar-refractivity contribution >= 4 is 13.3 Å². The number of nitrogens with zero attached hydrogens (tertiary/aromatic N) is 2. The van der Waals surface area contributed by atoms with Crippen molar-refractivity contribution in [3.63, 3.8) is 0 Å². The summed E-state index contributed by atoms with van der Waals surface area (Å²) in [6.45, 7) is 1.72. The third-order valence-electron chi connectivity index (χ3n) is 2.63. The number of hydrogen-bond acceptors (Lipinski definition) is 2. The van der Waals surface area contributed by atoms with Gasteiger partial charge in [0.2, 0.25) is 0 Å². The molecular weight excluding hydrogens is 199 g/mol. The van der Waals surface area contributed by atoms with E-state index < -0.39 is 6.10 Å². The maximum atomic E-state index is 9.53. The number of rotatable bonds is 2. The lowest BCUT2D eigenvalue weighted by molar-refractivity contribution is 0.185. The molecule has 1 heterocycles. The standard InChI is InChI=1S/C12H15BN2O/c1-8(16)12-14-11(7-15(12)2)9-3-5-10(13)6-4-9/h3-8,16H,13H2,1-2H3. The van der Waals surface area contributed by atoms with E-state index in [2.05, 4.69) is 25.0 Å². The summed E-state index contributed by atoms with van der Waals surface area (Å²) in [6.07, 6.45) is 1.40. The molecular formula is C12H15BN2O. The summed E-state index contributed by atoms with van der Waals surface area (Å²) in [5.74, 6) is 0.690. The number of aliphatic hydroxyl groups excluding tert-OH is 1. The van der Waals surface area contributed by atoms with Crippen LogP contribution in [0.4, 0.5) is 0 Å². The van der Waals surface area contributed by atoms with Crippen LogP contribution in [0.2, 0.25) is 0 Å². The van der Waals surface area contributed by atoms with Crippen LogP contribution in [-0.4, -0.2) is 22.5 Å². The number of hydrogen-bond donors (Lipinski definition) is 1. The Morgan fingerprint density at radius 2 is 1.94 bits per heavy atom. The van der Waals surface area contributed by atoms with Gasteiger partial charge in [-0.25, -0.2) is 4.98 Å². The van der Waals surface area contributed by atoms with Crippen LogP contribution in [0.3, 0.4) is 0 Å². The van der Waals surface area contributed by atoms with Crippen molar-refractivity contribution in [2.75, 3.05) is 0 Å². The Labute approximate surface area is 96.2 Å². The topological polar surface area (TPSA) is 38.0 Å². The summed E-state index contributed by atoms with van der Waals surface area (Å²) in [5.41, 5.74) is 3.21. The van der Waals surface area contributed by atoms with E-state index in [1.807, 2.05) is 29.9 Å². The van der Waals surface area contributed by atoms with Gasteiger partial charge in [0.05, 0.1) is 5.69 Å². The van der Waals surface area contributed by atoms with Crippen molar-refractivity contribution in [2.24, 2.45) is 7.05 Å². The SMILES string of the molecule is Bc1ccc(-c2cn(C)c(C(C)O)n2)cc1. The zero-order chi connectivity index (χ0) is 11.7. The van der Waals surface area contributed by atoms with Gasteiger partial charge in [0.25, 0.3) is 0 Å². The predicted octanol–water partition coefficient (Wildman–Crippen LogP) is 0.399. The molecule has 0 spiro atoms. The van der Waals surface area contributed by atoms with E-state index in [1.165, 1.54) is 5.46 Å². The van der Waals surface area contributed by atoms with E-state index in [9.17, 15) is 5.11 Å². The Balaban J connectivity index is 2.41. The van der Waals surface area contributed by atoms with Crippen LogP contribution in [0.1, 0.15) is 18.9 Å². The minimum Gasteiger partial charge on any atom is -0.385 e. The van der Waals surface area contributed by atoms with Crippen molar-refractivity contribution in [3.05, 3.63) is 36.3 Å². The average Bonchev–Trinajstić information content (AvgIpc) is 2.61. The molecule has 16 heavy (non-hydrogen) atoms. The molecule has 0 aliphatic heterocycles. The lowest BCUT2D eigenvalue weighted by Crippen LogP contribution is -2.00. The van der Waals surface area contributed by atoms with Crippen molar-refractivity contribution in [1.82, 2.24) is 9.55 Å². The van der Waals surface area contributed by atoms with Gasteiger partial charge in [-0.1, -0.05) is 29.7 Å². The highest BCUT2D eigenvalue weighted by atomic mass is 16.3. The summed E-state index contributed by atoms with van der Waals surface area (Å²) < 4.78 is 1.86. The van der Waals surface area contributed by atoms with Gasteiger partial charge in [-0.05, 0) is 6.92 Å². The lowest BCUT2D eigenvalue weighted by atomic mass is 9.95. The fraction of sp³-hybridized carbons (Fsp3) is 0.250. The third kappa shape index (κ3) is 2.02. The lowest BCUT2D eigenvalue weighted by Gasteiger charge is -2.01. The molecule has 0 amide bonds. The molecule has 1 atom stereocenters. The molecule has 1 unspecified atom stereocenters. The zero-order valence-corrected chi connectivity index (χ0v) is 9.81. The highest BCUT2D eigenvalue weighted by molar-refractivity contribution is 6.32. The minimum absolute atomic E-state index is 0.538. The Hall–Kier alpha value is -1.55. The summed E-state index contributed by atoms with van der Waals surface area (Å²) >= 11 is 0. The van der Waals surface area contributed by atoms with Crippen LogP contribution in [0.5, 0.6) is 0 Å². The molecule has 0 bridgehead atoms. The fourth-order valence-corrected chi connectivity index (χ4v) is 1.73. The minimum atomic E-state index is -0.538. The van der Waals surface area contributed by atoms with Gasteiger partial charge < -0.3 is 9.67 Å². The summed E-state index contributed by atoms with van der Waals surface area (Å²) in [5, 5.41) is 9.53. The van der Waals surface area contributed by atoms with Crippen LogP contribution in [-0.2, 0) is 7.05 Å². The molecule has 0 aliphatic rings. The van der Waals surface area contributed by atoms with E-state index in [-0.39, 0.29) is 0 Å². The van der Waals surface area contributed by atoms with Crippen molar-refractivity contribution in [2.45, 2.75) is 13.0 Å². The number of imidazole rings is 1. The summed E-state index contributed by atoms with van der Waals surface area (Å²) in [6, 6.07) is 8.21.